The largest absolute Gasteiger partial charge is 1.00 e. The maximum Gasteiger partial charge on any atom is 0.200 e. The second-order valence-corrected chi connectivity index (χ2v) is 5.16. The van der Waals surface area contributed by atoms with Crippen molar-refractivity contribution in [2.24, 2.45) is 0 Å². The molecule has 0 aliphatic carbocycles. The molecule has 0 fully saturated rings. The lowest BCUT2D eigenvalue weighted by molar-refractivity contribution is -0.533. The maximum atomic E-state index is 3.64. The van der Waals surface area contributed by atoms with E-state index in [1.807, 2.05) is 0 Å². The number of hydrogen-bond acceptors (Lipinski definition) is 0. The number of benzene rings is 1. The third-order valence-electron chi connectivity index (χ3n) is 4.21. The molecular formula is C15H17ClN2. The first-order valence-electron chi connectivity index (χ1n) is 6.64. The molecule has 94 valence electrons. The van der Waals surface area contributed by atoms with E-state index in [1.54, 1.807) is 11.3 Å². The van der Waals surface area contributed by atoms with Crippen molar-refractivity contribution in [1.29, 1.82) is 0 Å². The van der Waals surface area contributed by atoms with Gasteiger partial charge < -0.3 is 17.4 Å². The van der Waals surface area contributed by atoms with Crippen molar-refractivity contribution in [3.8, 4) is 0 Å². The zero-order chi connectivity index (χ0) is 11.2. The topological polar surface area (TPSA) is 18.8 Å². The van der Waals surface area contributed by atoms with Gasteiger partial charge in [0, 0.05) is 30.2 Å². The number of fused-ring (bicyclic) bond motifs is 4. The number of rotatable bonds is 0. The van der Waals surface area contributed by atoms with Crippen molar-refractivity contribution >= 4 is 16.6 Å². The lowest BCUT2D eigenvalue weighted by atomic mass is 9.96. The summed E-state index contributed by atoms with van der Waals surface area (Å²) in [6, 6.07) is 8.72. The van der Waals surface area contributed by atoms with Gasteiger partial charge >= 0.3 is 0 Å². The van der Waals surface area contributed by atoms with Crippen molar-refractivity contribution in [1.82, 2.24) is 4.98 Å². The highest BCUT2D eigenvalue weighted by Crippen LogP contribution is 2.28. The van der Waals surface area contributed by atoms with Crippen LogP contribution in [0.2, 0.25) is 0 Å². The average Bonchev–Trinajstić information content (AvgIpc) is 2.78. The summed E-state index contributed by atoms with van der Waals surface area (Å²) in [5.74, 6) is 0. The summed E-state index contributed by atoms with van der Waals surface area (Å²) in [7, 11) is 0. The van der Waals surface area contributed by atoms with Crippen LogP contribution in [0.1, 0.15) is 30.5 Å². The molecule has 0 saturated heterocycles. The zero-order valence-corrected chi connectivity index (χ0v) is 11.1. The highest BCUT2D eigenvalue weighted by Gasteiger charge is 2.30. The average molecular weight is 261 g/mol. The van der Waals surface area contributed by atoms with E-state index in [0.29, 0.717) is 0 Å². The van der Waals surface area contributed by atoms with Gasteiger partial charge in [0.25, 0.3) is 0 Å². The summed E-state index contributed by atoms with van der Waals surface area (Å²) in [5.41, 5.74) is 5.84. The molecule has 2 nitrogen and oxygen atoms in total. The van der Waals surface area contributed by atoms with Crippen molar-refractivity contribution in [3.05, 3.63) is 35.5 Å². The molecule has 0 spiro atoms. The molecule has 0 saturated carbocycles. The molecule has 0 atom stereocenters. The fourth-order valence-electron chi connectivity index (χ4n) is 3.37. The van der Waals surface area contributed by atoms with Gasteiger partial charge in [-0.2, -0.15) is 0 Å². The molecule has 3 heterocycles. The Morgan fingerprint density at radius 3 is 2.83 bits per heavy atom. The molecule has 18 heavy (non-hydrogen) atoms. The zero-order valence-electron chi connectivity index (χ0n) is 10.4. The molecule has 2 aliphatic heterocycles. The number of nitrogens with one attached hydrogen (secondary N) is 1. The number of aromatic amines is 1. The van der Waals surface area contributed by atoms with E-state index in [2.05, 4.69) is 33.8 Å². The first kappa shape index (κ1) is 11.8. The Kier molecular flexibility index (Phi) is 2.90. The third-order valence-corrected chi connectivity index (χ3v) is 4.21. The molecule has 0 amide bonds. The molecule has 0 unspecified atom stereocenters. The van der Waals surface area contributed by atoms with E-state index >= 15 is 0 Å². The lowest BCUT2D eigenvalue weighted by Gasteiger charge is -2.19. The number of H-pyrrole nitrogens is 1. The Balaban J connectivity index is 0.000001000. The van der Waals surface area contributed by atoms with E-state index in [1.165, 1.54) is 55.4 Å². The highest BCUT2D eigenvalue weighted by molar-refractivity contribution is 6.03. The van der Waals surface area contributed by atoms with Gasteiger partial charge in [-0.1, -0.05) is 18.2 Å². The Bertz CT molecular complexity index is 624. The standard InChI is InChI=1S/C15H16N2.ClH/c1-2-6-13-11(5-1)12-8-10-17-9-4-3-7-14(17)15(12)16-13;/h1-2,5-6H,3-4,7-10H2;1H. The SMILES string of the molecule is [Cl-].c1ccc2c3c([nH]c2c1)C1=[N+](CCCC1)CC3. The van der Waals surface area contributed by atoms with E-state index in [0.717, 1.165) is 0 Å². The predicted molar refractivity (Wildman–Crippen MR) is 70.0 cm³/mol. The van der Waals surface area contributed by atoms with Crippen LogP contribution in [0.3, 0.4) is 0 Å². The van der Waals surface area contributed by atoms with Gasteiger partial charge in [-0.3, -0.25) is 0 Å². The van der Waals surface area contributed by atoms with Crippen LogP contribution in [0.15, 0.2) is 24.3 Å². The number of halogens is 1. The van der Waals surface area contributed by atoms with Crippen molar-refractivity contribution in [3.63, 3.8) is 0 Å². The number of hydrogen-bond donors (Lipinski definition) is 1. The van der Waals surface area contributed by atoms with Crippen LogP contribution in [-0.2, 0) is 6.42 Å². The Hall–Kier alpha value is -1.28. The molecule has 1 N–H and O–H groups in total. The summed E-state index contributed by atoms with van der Waals surface area (Å²) in [6.07, 6.45) is 5.16. The summed E-state index contributed by atoms with van der Waals surface area (Å²) in [6.45, 7) is 2.47. The Labute approximate surface area is 113 Å². The molecule has 2 aliphatic rings. The summed E-state index contributed by atoms with van der Waals surface area (Å²) in [5, 5.41) is 1.43. The van der Waals surface area contributed by atoms with E-state index in [9.17, 15) is 0 Å². The number of aromatic nitrogens is 1. The first-order valence-corrected chi connectivity index (χ1v) is 6.64. The minimum Gasteiger partial charge on any atom is -1.00 e. The van der Waals surface area contributed by atoms with Gasteiger partial charge in [-0.05, 0) is 18.1 Å². The van der Waals surface area contributed by atoms with Gasteiger partial charge in [-0.15, -0.1) is 0 Å². The van der Waals surface area contributed by atoms with E-state index in [-0.39, 0.29) is 12.4 Å². The molecule has 4 rings (SSSR count). The molecule has 1 aromatic carbocycles. The predicted octanol–water partition coefficient (Wildman–Crippen LogP) is -0.286. The smallest absolute Gasteiger partial charge is 0.200 e. The van der Waals surface area contributed by atoms with Gasteiger partial charge in [-0.25, -0.2) is 4.58 Å². The summed E-state index contributed by atoms with van der Waals surface area (Å²) < 4.78 is 2.58. The molecule has 1 aromatic heterocycles. The molecule has 0 radical (unpaired) electrons. The van der Waals surface area contributed by atoms with Crippen LogP contribution in [0.4, 0.5) is 0 Å². The fourth-order valence-corrected chi connectivity index (χ4v) is 3.37. The third kappa shape index (κ3) is 1.59. The normalized spacial score (nSPS) is 18.2. The van der Waals surface area contributed by atoms with Gasteiger partial charge in [0.15, 0.2) is 5.71 Å². The number of nitrogens with zero attached hydrogens (tertiary/aromatic N) is 1. The van der Waals surface area contributed by atoms with Crippen LogP contribution in [0, 0.1) is 0 Å². The van der Waals surface area contributed by atoms with Gasteiger partial charge in [0.2, 0.25) is 0 Å². The Morgan fingerprint density at radius 2 is 1.89 bits per heavy atom. The quantitative estimate of drug-likeness (QED) is 0.628. The van der Waals surface area contributed by atoms with Gasteiger partial charge in [0.1, 0.15) is 18.8 Å². The first-order chi connectivity index (χ1) is 8.43. The fraction of sp³-hybridized carbons (Fsp3) is 0.400. The minimum atomic E-state index is 0. The second-order valence-electron chi connectivity index (χ2n) is 5.16. The summed E-state index contributed by atoms with van der Waals surface area (Å²) in [4.78, 5) is 3.64. The van der Waals surface area contributed by atoms with E-state index < -0.39 is 0 Å². The van der Waals surface area contributed by atoms with Crippen LogP contribution in [0.25, 0.3) is 10.9 Å². The van der Waals surface area contributed by atoms with Crippen LogP contribution < -0.4 is 12.4 Å². The van der Waals surface area contributed by atoms with Crippen LogP contribution in [0.5, 0.6) is 0 Å². The minimum absolute atomic E-state index is 0. The summed E-state index contributed by atoms with van der Waals surface area (Å²) >= 11 is 0. The number of para-hydroxylation sites is 1. The van der Waals surface area contributed by atoms with E-state index in [4.69, 9.17) is 0 Å². The monoisotopic (exact) mass is 260 g/mol. The van der Waals surface area contributed by atoms with Crippen molar-refractivity contribution < 1.29 is 17.0 Å². The second kappa shape index (κ2) is 4.43. The van der Waals surface area contributed by atoms with Gasteiger partial charge in [0.05, 0.1) is 0 Å². The molecular weight excluding hydrogens is 244 g/mol. The molecule has 2 aromatic rings. The molecule has 0 bridgehead atoms. The van der Waals surface area contributed by atoms with Crippen LogP contribution >= 0.6 is 0 Å². The lowest BCUT2D eigenvalue weighted by Crippen LogP contribution is -3.00. The van der Waals surface area contributed by atoms with Crippen molar-refractivity contribution in [2.75, 3.05) is 13.1 Å². The highest BCUT2D eigenvalue weighted by atomic mass is 35.5. The van der Waals surface area contributed by atoms with Crippen molar-refractivity contribution in [2.45, 2.75) is 25.7 Å². The Morgan fingerprint density at radius 1 is 1.00 bits per heavy atom. The molecule has 3 heteroatoms. The van der Waals surface area contributed by atoms with Crippen LogP contribution in [-0.4, -0.2) is 28.4 Å². The maximum absolute atomic E-state index is 3.64.